The number of halogens is 1. The first-order valence-electron chi connectivity index (χ1n) is 9.43. The van der Waals surface area contributed by atoms with Gasteiger partial charge in [0.25, 0.3) is 0 Å². The van der Waals surface area contributed by atoms with Crippen molar-refractivity contribution in [3.63, 3.8) is 0 Å². The van der Waals surface area contributed by atoms with E-state index in [-0.39, 0.29) is 6.04 Å². The predicted octanol–water partition coefficient (Wildman–Crippen LogP) is 5.52. The molecule has 1 atom stereocenters. The van der Waals surface area contributed by atoms with Crippen LogP contribution in [0.25, 0.3) is 10.2 Å². The average molecular weight is 477 g/mol. The molecule has 2 aromatic heterocycles. The molecule has 154 valence electrons. The summed E-state index contributed by atoms with van der Waals surface area (Å²) in [4.78, 5) is 13.1. The van der Waals surface area contributed by atoms with Gasteiger partial charge >= 0.3 is 6.09 Å². The number of nitrogens with zero attached hydrogens (tertiary/aromatic N) is 2. The second-order valence-corrected chi connectivity index (χ2v) is 9.77. The summed E-state index contributed by atoms with van der Waals surface area (Å²) in [7, 11) is 0. The van der Waals surface area contributed by atoms with Crippen molar-refractivity contribution in [3.05, 3.63) is 51.4 Å². The molecular formula is C21H25BrN4O2S. The first-order valence-corrected chi connectivity index (χ1v) is 11.0. The number of nitrogens with one attached hydrogen (secondary N) is 2. The van der Waals surface area contributed by atoms with Crippen LogP contribution in [0.2, 0.25) is 0 Å². The zero-order valence-electron chi connectivity index (χ0n) is 17.0. The van der Waals surface area contributed by atoms with E-state index in [9.17, 15) is 4.79 Å². The molecule has 0 radical (unpaired) electrons. The summed E-state index contributed by atoms with van der Waals surface area (Å²) in [5, 5.41) is 14.9. The molecule has 0 aliphatic heterocycles. The van der Waals surface area contributed by atoms with E-state index < -0.39 is 11.7 Å². The van der Waals surface area contributed by atoms with Gasteiger partial charge in [-0.2, -0.15) is 0 Å². The minimum absolute atomic E-state index is 0.0601. The normalized spacial score (nSPS) is 12.6. The van der Waals surface area contributed by atoms with Gasteiger partial charge in [0.05, 0.1) is 10.4 Å². The maximum absolute atomic E-state index is 12.0. The monoisotopic (exact) mass is 476 g/mol. The van der Waals surface area contributed by atoms with E-state index in [1.807, 2.05) is 52.0 Å². The molecule has 0 saturated heterocycles. The van der Waals surface area contributed by atoms with Gasteiger partial charge in [-0.3, -0.25) is 0 Å². The van der Waals surface area contributed by atoms with Crippen molar-refractivity contribution in [2.75, 3.05) is 5.32 Å². The van der Waals surface area contributed by atoms with E-state index in [4.69, 9.17) is 4.74 Å². The average Bonchev–Trinajstić information content (AvgIpc) is 3.02. The fraction of sp³-hybridized carbons (Fsp3) is 0.381. The van der Waals surface area contributed by atoms with Crippen LogP contribution in [-0.2, 0) is 17.7 Å². The van der Waals surface area contributed by atoms with Gasteiger partial charge in [-0.15, -0.1) is 21.5 Å². The van der Waals surface area contributed by atoms with Gasteiger partial charge < -0.3 is 15.4 Å². The number of hydrogen-bond donors (Lipinski definition) is 2. The van der Waals surface area contributed by atoms with Crippen molar-refractivity contribution >= 4 is 49.3 Å². The Kier molecular flexibility index (Phi) is 6.74. The molecule has 0 aliphatic carbocycles. The third-order valence-electron chi connectivity index (χ3n) is 4.03. The Morgan fingerprint density at radius 2 is 1.97 bits per heavy atom. The number of hydrogen-bond acceptors (Lipinski definition) is 6. The Labute approximate surface area is 183 Å². The maximum Gasteiger partial charge on any atom is 0.407 e. The Morgan fingerprint density at radius 3 is 2.66 bits per heavy atom. The highest BCUT2D eigenvalue weighted by Crippen LogP contribution is 2.35. The van der Waals surface area contributed by atoms with Crippen LogP contribution < -0.4 is 10.6 Å². The molecule has 8 heteroatoms. The molecule has 0 spiro atoms. The topological polar surface area (TPSA) is 76.1 Å². The number of rotatable bonds is 6. The second kappa shape index (κ2) is 9.09. The Hall–Kier alpha value is -2.19. The lowest BCUT2D eigenvalue weighted by atomic mass is 10.2. The first-order chi connectivity index (χ1) is 13.7. The minimum Gasteiger partial charge on any atom is -0.444 e. The molecule has 1 amide bonds. The molecule has 2 heterocycles. The highest BCUT2D eigenvalue weighted by Gasteiger charge is 2.19. The van der Waals surface area contributed by atoms with Gasteiger partial charge in [0.15, 0.2) is 4.60 Å². The number of carbonyl (C=O) groups is 1. The lowest BCUT2D eigenvalue weighted by molar-refractivity contribution is 0.0509. The summed E-state index contributed by atoms with van der Waals surface area (Å²) in [6.07, 6.45) is 0.287. The quantitative estimate of drug-likeness (QED) is 0.489. The van der Waals surface area contributed by atoms with Crippen molar-refractivity contribution < 1.29 is 9.53 Å². The van der Waals surface area contributed by atoms with Crippen LogP contribution in [0.4, 0.5) is 10.5 Å². The Bertz CT molecular complexity index is 986. The number of fused-ring (bicyclic) bond motifs is 1. The number of alkyl carbamates (subject to hydrolysis) is 1. The van der Waals surface area contributed by atoms with Crippen LogP contribution in [0.3, 0.4) is 0 Å². The highest BCUT2D eigenvalue weighted by atomic mass is 79.9. The molecule has 29 heavy (non-hydrogen) atoms. The Morgan fingerprint density at radius 1 is 1.24 bits per heavy atom. The summed E-state index contributed by atoms with van der Waals surface area (Å²) < 4.78 is 7.06. The largest absolute Gasteiger partial charge is 0.444 e. The standard InChI is InChI=1S/C21H25BrN4O2S/c1-13(24-20(27)28-21(2,3)4)10-15-11-16-18(29-15)17(19(22)26-25-16)23-12-14-8-6-5-7-9-14/h5-9,11,13H,10,12H2,1-4H3,(H,23,25)(H,24,27)/t13-/m0/s1. The lowest BCUT2D eigenvalue weighted by Crippen LogP contribution is -2.38. The van der Waals surface area contributed by atoms with Gasteiger partial charge in [0.2, 0.25) is 0 Å². The highest BCUT2D eigenvalue weighted by molar-refractivity contribution is 9.10. The second-order valence-electron chi connectivity index (χ2n) is 7.88. The van der Waals surface area contributed by atoms with E-state index in [1.54, 1.807) is 11.3 Å². The van der Waals surface area contributed by atoms with Gasteiger partial charge in [-0.1, -0.05) is 30.3 Å². The van der Waals surface area contributed by atoms with Crippen molar-refractivity contribution in [1.29, 1.82) is 0 Å². The van der Waals surface area contributed by atoms with Crippen molar-refractivity contribution in [2.24, 2.45) is 0 Å². The number of thiophene rings is 1. The molecule has 3 rings (SSSR count). The molecular weight excluding hydrogens is 452 g/mol. The summed E-state index contributed by atoms with van der Waals surface area (Å²) in [5.41, 5.74) is 2.45. The summed E-state index contributed by atoms with van der Waals surface area (Å²) in [6.45, 7) is 8.21. The van der Waals surface area contributed by atoms with E-state index in [0.717, 1.165) is 20.8 Å². The van der Waals surface area contributed by atoms with Crippen molar-refractivity contribution in [3.8, 4) is 0 Å². The first kappa shape index (κ1) is 21.5. The lowest BCUT2D eigenvalue weighted by Gasteiger charge is -2.21. The van der Waals surface area contributed by atoms with Gasteiger partial charge in [0, 0.05) is 23.9 Å². The van der Waals surface area contributed by atoms with Crippen LogP contribution in [0.15, 0.2) is 41.0 Å². The van der Waals surface area contributed by atoms with Crippen LogP contribution in [-0.4, -0.2) is 27.9 Å². The molecule has 0 bridgehead atoms. The molecule has 0 fully saturated rings. The summed E-state index contributed by atoms with van der Waals surface area (Å²) in [6, 6.07) is 12.2. The van der Waals surface area contributed by atoms with Crippen LogP contribution in [0.1, 0.15) is 38.1 Å². The summed E-state index contributed by atoms with van der Waals surface area (Å²) in [5.74, 6) is 0. The van der Waals surface area contributed by atoms with E-state index >= 15 is 0 Å². The number of aromatic nitrogens is 2. The zero-order chi connectivity index (χ0) is 21.0. The number of amides is 1. The number of benzene rings is 1. The fourth-order valence-corrected chi connectivity index (χ4v) is 4.62. The van der Waals surface area contributed by atoms with Gasteiger partial charge in [-0.05, 0) is 55.3 Å². The number of anilines is 1. The Balaban J connectivity index is 1.71. The van der Waals surface area contributed by atoms with Gasteiger partial charge in [-0.25, -0.2) is 4.79 Å². The summed E-state index contributed by atoms with van der Waals surface area (Å²) >= 11 is 5.16. The van der Waals surface area contributed by atoms with Crippen LogP contribution >= 0.6 is 27.3 Å². The molecule has 1 aromatic carbocycles. The molecule has 0 aliphatic rings. The molecule has 2 N–H and O–H groups in total. The van der Waals surface area contributed by atoms with Crippen LogP contribution in [0.5, 0.6) is 0 Å². The van der Waals surface area contributed by atoms with E-state index in [2.05, 4.69) is 48.9 Å². The third-order valence-corrected chi connectivity index (χ3v) is 5.74. The predicted molar refractivity (Wildman–Crippen MR) is 121 cm³/mol. The number of ether oxygens (including phenoxy) is 1. The third kappa shape index (κ3) is 6.14. The smallest absolute Gasteiger partial charge is 0.407 e. The molecule has 3 aromatic rings. The van der Waals surface area contributed by atoms with Gasteiger partial charge in [0.1, 0.15) is 11.1 Å². The molecule has 0 unspecified atom stereocenters. The maximum atomic E-state index is 12.0. The SMILES string of the molecule is C[C@@H](Cc1cc2nnc(Br)c(NCc3ccccc3)c2s1)NC(=O)OC(C)(C)C. The molecule has 0 saturated carbocycles. The van der Waals surface area contributed by atoms with Crippen molar-refractivity contribution in [2.45, 2.75) is 52.3 Å². The van der Waals surface area contributed by atoms with E-state index in [0.29, 0.717) is 17.6 Å². The zero-order valence-corrected chi connectivity index (χ0v) is 19.4. The molecule has 6 nitrogen and oxygen atoms in total. The van der Waals surface area contributed by atoms with Crippen molar-refractivity contribution in [1.82, 2.24) is 15.5 Å². The van der Waals surface area contributed by atoms with E-state index in [1.165, 1.54) is 5.56 Å². The number of carbonyl (C=O) groups excluding carboxylic acids is 1. The minimum atomic E-state index is -0.511. The van der Waals surface area contributed by atoms with Crippen LogP contribution in [0, 0.1) is 0 Å². The fourth-order valence-electron chi connectivity index (χ4n) is 2.83.